The SMILES string of the molecule is CN=C(NCC1CC(=O)N(CCc2ccccc2)C1)NCC(C)N(C)C1CC1. The average molecular weight is 386 g/mol. The fraction of sp³-hybridized carbons (Fsp3) is 0.636. The van der Waals surface area contributed by atoms with E-state index in [1.165, 1.54) is 18.4 Å². The van der Waals surface area contributed by atoms with Gasteiger partial charge in [0.25, 0.3) is 0 Å². The van der Waals surface area contributed by atoms with Gasteiger partial charge in [-0.05, 0) is 38.8 Å². The van der Waals surface area contributed by atoms with E-state index in [9.17, 15) is 4.79 Å². The van der Waals surface area contributed by atoms with Crippen LogP contribution >= 0.6 is 0 Å². The van der Waals surface area contributed by atoms with Crippen molar-refractivity contribution in [2.24, 2.45) is 10.9 Å². The van der Waals surface area contributed by atoms with Crippen molar-refractivity contribution in [1.82, 2.24) is 20.4 Å². The Labute approximate surface area is 169 Å². The highest BCUT2D eigenvalue weighted by Crippen LogP contribution is 2.26. The van der Waals surface area contributed by atoms with Gasteiger partial charge in [0.1, 0.15) is 0 Å². The summed E-state index contributed by atoms with van der Waals surface area (Å²) in [7, 11) is 4.00. The van der Waals surface area contributed by atoms with E-state index in [1.54, 1.807) is 7.05 Å². The molecule has 1 aromatic rings. The first kappa shape index (κ1) is 20.6. The second-order valence-electron chi connectivity index (χ2n) is 8.23. The first-order chi connectivity index (χ1) is 13.6. The van der Waals surface area contributed by atoms with Gasteiger partial charge in [-0.15, -0.1) is 0 Å². The van der Waals surface area contributed by atoms with Gasteiger partial charge in [0.15, 0.2) is 5.96 Å². The molecule has 1 heterocycles. The maximum Gasteiger partial charge on any atom is 0.223 e. The lowest BCUT2D eigenvalue weighted by Crippen LogP contribution is -2.46. The van der Waals surface area contributed by atoms with Crippen LogP contribution in [0.1, 0.15) is 31.7 Å². The summed E-state index contributed by atoms with van der Waals surface area (Å²) >= 11 is 0. The molecule has 28 heavy (non-hydrogen) atoms. The van der Waals surface area contributed by atoms with Crippen LogP contribution in [0.3, 0.4) is 0 Å². The first-order valence-corrected chi connectivity index (χ1v) is 10.5. The first-order valence-electron chi connectivity index (χ1n) is 10.5. The highest BCUT2D eigenvalue weighted by atomic mass is 16.2. The third kappa shape index (κ3) is 5.96. The Hall–Kier alpha value is -2.08. The van der Waals surface area contributed by atoms with Gasteiger partial charge in [-0.1, -0.05) is 30.3 Å². The number of likely N-dealkylation sites (tertiary alicyclic amines) is 1. The zero-order valence-electron chi connectivity index (χ0n) is 17.5. The Morgan fingerprint density at radius 2 is 2.04 bits per heavy atom. The number of hydrogen-bond donors (Lipinski definition) is 2. The fourth-order valence-electron chi connectivity index (χ4n) is 3.81. The molecule has 154 valence electrons. The third-order valence-electron chi connectivity index (χ3n) is 5.97. The highest BCUT2D eigenvalue weighted by Gasteiger charge is 2.30. The van der Waals surface area contributed by atoms with E-state index in [2.05, 4.69) is 58.8 Å². The number of nitrogens with one attached hydrogen (secondary N) is 2. The topological polar surface area (TPSA) is 60.0 Å². The Bertz CT molecular complexity index is 658. The fourth-order valence-corrected chi connectivity index (χ4v) is 3.81. The van der Waals surface area contributed by atoms with Crippen LogP contribution in [0.5, 0.6) is 0 Å². The van der Waals surface area contributed by atoms with E-state index in [0.717, 1.165) is 44.6 Å². The van der Waals surface area contributed by atoms with Crippen molar-refractivity contribution in [3.05, 3.63) is 35.9 Å². The molecule has 1 aromatic carbocycles. The molecule has 0 spiro atoms. The second kappa shape index (κ2) is 9.92. The minimum absolute atomic E-state index is 0.269. The van der Waals surface area contributed by atoms with Gasteiger partial charge in [-0.3, -0.25) is 14.7 Å². The average Bonchev–Trinajstić information content (AvgIpc) is 3.50. The Morgan fingerprint density at radius 3 is 2.71 bits per heavy atom. The summed E-state index contributed by atoms with van der Waals surface area (Å²) in [5, 5.41) is 6.83. The van der Waals surface area contributed by atoms with Gasteiger partial charge in [0.05, 0.1) is 0 Å². The number of benzene rings is 1. The number of carbonyl (C=O) groups excluding carboxylic acids is 1. The molecule has 1 saturated heterocycles. The Balaban J connectivity index is 1.37. The van der Waals surface area contributed by atoms with Crippen LogP contribution in [-0.4, -0.2) is 74.0 Å². The van der Waals surface area contributed by atoms with Crippen LogP contribution in [-0.2, 0) is 11.2 Å². The van der Waals surface area contributed by atoms with E-state index in [4.69, 9.17) is 0 Å². The molecule has 1 amide bonds. The zero-order chi connectivity index (χ0) is 19.9. The number of rotatable bonds is 9. The van der Waals surface area contributed by atoms with Crippen molar-refractivity contribution < 1.29 is 4.79 Å². The van der Waals surface area contributed by atoms with Crippen molar-refractivity contribution >= 4 is 11.9 Å². The van der Waals surface area contributed by atoms with E-state index in [1.807, 2.05) is 11.0 Å². The summed E-state index contributed by atoms with van der Waals surface area (Å²) in [6.07, 6.45) is 4.19. The van der Waals surface area contributed by atoms with Crippen molar-refractivity contribution in [2.45, 2.75) is 44.7 Å². The van der Waals surface area contributed by atoms with Crippen molar-refractivity contribution in [2.75, 3.05) is 40.3 Å². The highest BCUT2D eigenvalue weighted by molar-refractivity contribution is 5.80. The molecule has 0 bridgehead atoms. The molecule has 0 radical (unpaired) electrons. The standard InChI is InChI=1S/C22H35N5O/c1-17(26(3)20-9-10-20)14-24-22(23-2)25-15-19-13-21(28)27(16-19)12-11-18-7-5-4-6-8-18/h4-8,17,19-20H,9-16H2,1-3H3,(H2,23,24,25). The molecule has 6 heteroatoms. The molecule has 2 aliphatic rings. The number of amides is 1. The molecule has 1 aliphatic carbocycles. The van der Waals surface area contributed by atoms with Crippen molar-refractivity contribution in [3.63, 3.8) is 0 Å². The maximum atomic E-state index is 12.3. The predicted molar refractivity (Wildman–Crippen MR) is 114 cm³/mol. The minimum Gasteiger partial charge on any atom is -0.356 e. The molecule has 1 saturated carbocycles. The van der Waals surface area contributed by atoms with Gasteiger partial charge >= 0.3 is 0 Å². The smallest absolute Gasteiger partial charge is 0.223 e. The molecule has 6 nitrogen and oxygen atoms in total. The van der Waals surface area contributed by atoms with E-state index in [-0.39, 0.29) is 5.91 Å². The van der Waals surface area contributed by atoms with Crippen LogP contribution in [0.2, 0.25) is 0 Å². The minimum atomic E-state index is 0.269. The molecular weight excluding hydrogens is 350 g/mol. The molecule has 2 atom stereocenters. The van der Waals surface area contributed by atoms with Gasteiger partial charge in [-0.25, -0.2) is 0 Å². The van der Waals surface area contributed by atoms with Crippen LogP contribution in [0.15, 0.2) is 35.3 Å². The van der Waals surface area contributed by atoms with E-state index in [0.29, 0.717) is 18.4 Å². The van der Waals surface area contributed by atoms with Crippen molar-refractivity contribution in [3.8, 4) is 0 Å². The summed E-state index contributed by atoms with van der Waals surface area (Å²) in [5.74, 6) is 1.44. The summed E-state index contributed by atoms with van der Waals surface area (Å²) in [6.45, 7) is 5.53. The Morgan fingerprint density at radius 1 is 1.29 bits per heavy atom. The molecule has 2 fully saturated rings. The summed E-state index contributed by atoms with van der Waals surface area (Å²) in [6, 6.07) is 11.6. The lowest BCUT2D eigenvalue weighted by molar-refractivity contribution is -0.127. The monoisotopic (exact) mass is 385 g/mol. The molecule has 2 N–H and O–H groups in total. The predicted octanol–water partition coefficient (Wildman–Crippen LogP) is 1.73. The van der Waals surface area contributed by atoms with Crippen LogP contribution < -0.4 is 10.6 Å². The van der Waals surface area contributed by atoms with Crippen LogP contribution in [0, 0.1) is 5.92 Å². The summed E-state index contributed by atoms with van der Waals surface area (Å²) in [5.41, 5.74) is 1.28. The number of likely N-dealkylation sites (N-methyl/N-ethyl adjacent to an activating group) is 1. The zero-order valence-corrected chi connectivity index (χ0v) is 17.5. The second-order valence-corrected chi connectivity index (χ2v) is 8.23. The number of aliphatic imine (C=N–C) groups is 1. The molecule has 2 unspecified atom stereocenters. The van der Waals surface area contributed by atoms with E-state index >= 15 is 0 Å². The van der Waals surface area contributed by atoms with Gasteiger partial charge in [-0.2, -0.15) is 0 Å². The number of hydrogen-bond acceptors (Lipinski definition) is 3. The molecular formula is C22H35N5O. The molecule has 1 aliphatic heterocycles. The van der Waals surface area contributed by atoms with Gasteiger partial charge in [0, 0.05) is 57.6 Å². The maximum absolute atomic E-state index is 12.3. The number of nitrogens with zero attached hydrogens (tertiary/aromatic N) is 3. The normalized spacial score (nSPS) is 21.3. The van der Waals surface area contributed by atoms with Crippen LogP contribution in [0.4, 0.5) is 0 Å². The third-order valence-corrected chi connectivity index (χ3v) is 5.97. The lowest BCUT2D eigenvalue weighted by Gasteiger charge is -2.25. The lowest BCUT2D eigenvalue weighted by atomic mass is 10.1. The number of guanidine groups is 1. The molecule has 0 aromatic heterocycles. The summed E-state index contributed by atoms with van der Waals surface area (Å²) in [4.78, 5) is 21.1. The van der Waals surface area contributed by atoms with Gasteiger partial charge < -0.3 is 15.5 Å². The van der Waals surface area contributed by atoms with Crippen LogP contribution in [0.25, 0.3) is 0 Å². The quantitative estimate of drug-likeness (QED) is 0.502. The summed E-state index contributed by atoms with van der Waals surface area (Å²) < 4.78 is 0. The van der Waals surface area contributed by atoms with E-state index < -0.39 is 0 Å². The molecule has 3 rings (SSSR count). The largest absolute Gasteiger partial charge is 0.356 e. The number of carbonyl (C=O) groups is 1. The van der Waals surface area contributed by atoms with Gasteiger partial charge in [0.2, 0.25) is 5.91 Å². The Kier molecular flexibility index (Phi) is 7.31. The van der Waals surface area contributed by atoms with Crippen molar-refractivity contribution in [1.29, 1.82) is 0 Å².